The fraction of sp³-hybridized carbons (Fsp3) is 0.409. The van der Waals surface area contributed by atoms with E-state index in [2.05, 4.69) is 43.9 Å². The van der Waals surface area contributed by atoms with Crippen LogP contribution in [0.3, 0.4) is 0 Å². The van der Waals surface area contributed by atoms with E-state index >= 15 is 0 Å². The largest absolute Gasteiger partial charge is 0.463 e. The van der Waals surface area contributed by atoms with Gasteiger partial charge in [-0.1, -0.05) is 31.5 Å². The predicted molar refractivity (Wildman–Crippen MR) is 115 cm³/mol. The molecule has 1 aliphatic heterocycles. The average molecular weight is 393 g/mol. The molecule has 1 fully saturated rings. The van der Waals surface area contributed by atoms with Crippen molar-refractivity contribution in [3.63, 3.8) is 0 Å². The quantitative estimate of drug-likeness (QED) is 0.468. The first kappa shape index (κ1) is 19.4. The van der Waals surface area contributed by atoms with Crippen molar-refractivity contribution < 1.29 is 9.47 Å². The lowest BCUT2D eigenvalue weighted by atomic mass is 10.2. The lowest BCUT2D eigenvalue weighted by molar-refractivity contribution is 0.122. The van der Waals surface area contributed by atoms with E-state index in [9.17, 15) is 0 Å². The van der Waals surface area contributed by atoms with Gasteiger partial charge in [-0.05, 0) is 12.5 Å². The third-order valence-corrected chi connectivity index (χ3v) is 4.91. The molecule has 1 aromatic carbocycles. The second-order valence-corrected chi connectivity index (χ2v) is 7.06. The molecule has 4 rings (SSSR count). The highest BCUT2D eigenvalue weighted by molar-refractivity contribution is 5.98. The minimum absolute atomic E-state index is 0.430. The van der Waals surface area contributed by atoms with Gasteiger partial charge >= 0.3 is 6.01 Å². The predicted octanol–water partition coefficient (Wildman–Crippen LogP) is 3.59. The van der Waals surface area contributed by atoms with Crippen LogP contribution in [0.2, 0.25) is 0 Å². The number of rotatable bonds is 8. The summed E-state index contributed by atoms with van der Waals surface area (Å²) in [5.41, 5.74) is 3.03. The summed E-state index contributed by atoms with van der Waals surface area (Å²) in [6.07, 6.45) is 5.93. The molecule has 0 aliphatic carbocycles. The molecule has 0 atom stereocenters. The number of aliphatic imine (C=N–C) groups is 1. The molecular weight excluding hydrogens is 366 g/mol. The van der Waals surface area contributed by atoms with Crippen molar-refractivity contribution in [2.45, 2.75) is 26.3 Å². The SMILES string of the molecule is CCCCOc1nc(CN=Cc2c[nH]c3ccccc23)cc(N2CCOCC2)n1. The molecule has 3 aromatic rings. The maximum Gasteiger partial charge on any atom is 0.318 e. The van der Waals surface area contributed by atoms with E-state index < -0.39 is 0 Å². The molecule has 1 saturated heterocycles. The summed E-state index contributed by atoms with van der Waals surface area (Å²) in [4.78, 5) is 19.3. The van der Waals surface area contributed by atoms with Gasteiger partial charge < -0.3 is 19.4 Å². The van der Waals surface area contributed by atoms with Crippen molar-refractivity contribution in [1.29, 1.82) is 0 Å². The summed E-state index contributed by atoms with van der Waals surface area (Å²) in [6, 6.07) is 10.6. The van der Waals surface area contributed by atoms with Gasteiger partial charge in [0.25, 0.3) is 0 Å². The summed E-state index contributed by atoms with van der Waals surface area (Å²) < 4.78 is 11.3. The lowest BCUT2D eigenvalue weighted by Crippen LogP contribution is -2.37. The van der Waals surface area contributed by atoms with E-state index in [-0.39, 0.29) is 0 Å². The summed E-state index contributed by atoms with van der Waals surface area (Å²) in [5, 5.41) is 1.16. The van der Waals surface area contributed by atoms with Crippen LogP contribution in [-0.2, 0) is 11.3 Å². The molecule has 1 aliphatic rings. The molecule has 0 saturated carbocycles. The second-order valence-electron chi connectivity index (χ2n) is 7.06. The molecule has 0 bridgehead atoms. The first-order valence-corrected chi connectivity index (χ1v) is 10.2. The van der Waals surface area contributed by atoms with Gasteiger partial charge in [-0.25, -0.2) is 0 Å². The van der Waals surface area contributed by atoms with Crippen LogP contribution < -0.4 is 9.64 Å². The highest BCUT2D eigenvalue weighted by Crippen LogP contribution is 2.19. The van der Waals surface area contributed by atoms with Crippen LogP contribution in [0.25, 0.3) is 10.9 Å². The Bertz CT molecular complexity index is 963. The van der Waals surface area contributed by atoms with Crippen LogP contribution in [-0.4, -0.2) is 54.1 Å². The van der Waals surface area contributed by atoms with E-state index in [0.717, 1.165) is 53.9 Å². The van der Waals surface area contributed by atoms with Gasteiger partial charge in [0.05, 0.1) is 32.1 Å². The average Bonchev–Trinajstić information content (AvgIpc) is 3.18. The number of aromatic nitrogens is 3. The number of nitrogens with zero attached hydrogens (tertiary/aromatic N) is 4. The van der Waals surface area contributed by atoms with E-state index in [1.165, 1.54) is 0 Å². The Morgan fingerprint density at radius 1 is 1.24 bits per heavy atom. The zero-order chi connectivity index (χ0) is 19.9. The third-order valence-electron chi connectivity index (χ3n) is 4.91. The molecule has 3 heterocycles. The molecule has 1 N–H and O–H groups in total. The van der Waals surface area contributed by atoms with Crippen molar-refractivity contribution >= 4 is 22.9 Å². The molecule has 152 valence electrons. The van der Waals surface area contributed by atoms with E-state index in [4.69, 9.17) is 9.47 Å². The zero-order valence-electron chi connectivity index (χ0n) is 16.8. The number of anilines is 1. The Labute approximate surface area is 170 Å². The third kappa shape index (κ3) is 4.92. The summed E-state index contributed by atoms with van der Waals surface area (Å²) >= 11 is 0. The molecular formula is C22H27N5O2. The number of ether oxygens (including phenoxy) is 2. The number of para-hydroxylation sites is 1. The monoisotopic (exact) mass is 393 g/mol. The maximum atomic E-state index is 5.79. The number of hydrogen-bond donors (Lipinski definition) is 1. The zero-order valence-corrected chi connectivity index (χ0v) is 16.8. The lowest BCUT2D eigenvalue weighted by Gasteiger charge is -2.28. The van der Waals surface area contributed by atoms with Crippen LogP contribution in [0.15, 0.2) is 41.5 Å². The van der Waals surface area contributed by atoms with Gasteiger partial charge in [0.15, 0.2) is 0 Å². The van der Waals surface area contributed by atoms with Crippen LogP contribution in [0.1, 0.15) is 31.0 Å². The summed E-state index contributed by atoms with van der Waals surface area (Å²) in [7, 11) is 0. The van der Waals surface area contributed by atoms with Gasteiger partial charge in [-0.3, -0.25) is 4.99 Å². The maximum absolute atomic E-state index is 5.79. The molecule has 0 unspecified atom stereocenters. The van der Waals surface area contributed by atoms with Gasteiger partial charge in [0.1, 0.15) is 5.82 Å². The minimum atomic E-state index is 0.430. The number of aromatic amines is 1. The first-order chi connectivity index (χ1) is 14.3. The number of unbranched alkanes of at least 4 members (excludes halogenated alkanes) is 1. The molecule has 2 aromatic heterocycles. The van der Waals surface area contributed by atoms with Crippen LogP contribution >= 0.6 is 0 Å². The number of benzene rings is 1. The topological polar surface area (TPSA) is 75.6 Å². The number of H-pyrrole nitrogens is 1. The van der Waals surface area contributed by atoms with Gasteiger partial charge in [0, 0.05) is 48.0 Å². The van der Waals surface area contributed by atoms with Crippen LogP contribution in [0, 0.1) is 0 Å². The highest BCUT2D eigenvalue weighted by atomic mass is 16.5. The smallest absolute Gasteiger partial charge is 0.318 e. The normalized spacial score (nSPS) is 14.7. The number of morpholine rings is 1. The second kappa shape index (κ2) is 9.52. The van der Waals surface area contributed by atoms with Gasteiger partial charge in [-0.15, -0.1) is 0 Å². The Hall–Kier alpha value is -2.93. The summed E-state index contributed by atoms with van der Waals surface area (Å²) in [6.45, 7) is 6.31. The Morgan fingerprint density at radius 2 is 2.10 bits per heavy atom. The van der Waals surface area contributed by atoms with Gasteiger partial charge in [0.2, 0.25) is 0 Å². The molecule has 7 nitrogen and oxygen atoms in total. The van der Waals surface area contributed by atoms with Crippen molar-refractivity contribution in [3.8, 4) is 6.01 Å². The van der Waals surface area contributed by atoms with Crippen molar-refractivity contribution in [2.75, 3.05) is 37.8 Å². The van der Waals surface area contributed by atoms with Crippen molar-refractivity contribution in [3.05, 3.63) is 47.8 Å². The highest BCUT2D eigenvalue weighted by Gasteiger charge is 2.15. The molecule has 29 heavy (non-hydrogen) atoms. The molecule has 0 amide bonds. The molecule has 0 radical (unpaired) electrons. The van der Waals surface area contributed by atoms with Gasteiger partial charge in [-0.2, -0.15) is 9.97 Å². The van der Waals surface area contributed by atoms with Crippen LogP contribution in [0.4, 0.5) is 5.82 Å². The summed E-state index contributed by atoms with van der Waals surface area (Å²) in [5.74, 6) is 0.882. The van der Waals surface area contributed by atoms with Crippen molar-refractivity contribution in [2.24, 2.45) is 4.99 Å². The van der Waals surface area contributed by atoms with Crippen molar-refractivity contribution in [1.82, 2.24) is 15.0 Å². The molecule has 7 heteroatoms. The standard InChI is InChI=1S/C22H27N5O2/c1-2-3-10-29-22-25-18(13-21(26-22)27-8-11-28-12-9-27)16-23-14-17-15-24-20-7-5-4-6-19(17)20/h4-7,13-15,24H,2-3,8-12,16H2,1H3. The Balaban J connectivity index is 1.52. The van der Waals surface area contributed by atoms with Crippen LogP contribution in [0.5, 0.6) is 6.01 Å². The minimum Gasteiger partial charge on any atom is -0.463 e. The first-order valence-electron chi connectivity index (χ1n) is 10.2. The van der Waals surface area contributed by atoms with E-state index in [0.29, 0.717) is 32.4 Å². The Kier molecular flexibility index (Phi) is 6.36. The van der Waals surface area contributed by atoms with E-state index in [1.54, 1.807) is 0 Å². The fourth-order valence-corrected chi connectivity index (χ4v) is 3.31. The Morgan fingerprint density at radius 3 is 2.97 bits per heavy atom. The fourth-order valence-electron chi connectivity index (χ4n) is 3.31. The number of hydrogen-bond acceptors (Lipinski definition) is 6. The van der Waals surface area contributed by atoms with E-state index in [1.807, 2.05) is 30.6 Å². The number of nitrogens with one attached hydrogen (secondary N) is 1. The molecule has 0 spiro atoms. The number of fused-ring (bicyclic) bond motifs is 1.